The first kappa shape index (κ1) is 10.7. The zero-order chi connectivity index (χ0) is 10.2. The molecule has 0 aliphatic rings. The maximum Gasteiger partial charge on any atom is 0.218 e. The molecule has 0 unspecified atom stereocenters. The molecule has 0 aromatic carbocycles. The van der Waals surface area contributed by atoms with Gasteiger partial charge in [0.25, 0.3) is 0 Å². The average molecular weight is 197 g/mol. The first-order valence-electron chi connectivity index (χ1n) is 4.66. The summed E-state index contributed by atoms with van der Waals surface area (Å²) in [4.78, 5) is 7.94. The van der Waals surface area contributed by atoms with Crippen LogP contribution in [0.25, 0.3) is 0 Å². The van der Waals surface area contributed by atoms with Crippen LogP contribution in [0.1, 0.15) is 13.3 Å². The highest BCUT2D eigenvalue weighted by atomic mass is 16.5. The Morgan fingerprint density at radius 1 is 1.50 bits per heavy atom. The van der Waals surface area contributed by atoms with Gasteiger partial charge in [-0.2, -0.15) is 0 Å². The molecule has 0 fully saturated rings. The quantitative estimate of drug-likeness (QED) is 0.656. The Morgan fingerprint density at radius 3 is 3.07 bits per heavy atom. The predicted octanol–water partition coefficient (Wildman–Crippen LogP) is 0.670. The van der Waals surface area contributed by atoms with E-state index in [1.807, 2.05) is 6.92 Å². The van der Waals surface area contributed by atoms with E-state index in [0.29, 0.717) is 18.9 Å². The molecule has 5 heteroatoms. The van der Waals surface area contributed by atoms with Gasteiger partial charge in [0.1, 0.15) is 12.1 Å². The van der Waals surface area contributed by atoms with Gasteiger partial charge in [0, 0.05) is 25.6 Å². The zero-order valence-electron chi connectivity index (χ0n) is 8.23. The second-order valence-electron chi connectivity index (χ2n) is 2.70. The average Bonchev–Trinajstić information content (AvgIpc) is 2.19. The van der Waals surface area contributed by atoms with Crippen molar-refractivity contribution in [2.45, 2.75) is 13.3 Å². The third-order valence-corrected chi connectivity index (χ3v) is 1.55. The van der Waals surface area contributed by atoms with Gasteiger partial charge in [0.05, 0.1) is 6.61 Å². The van der Waals surface area contributed by atoms with Crippen LogP contribution in [0.3, 0.4) is 0 Å². The summed E-state index contributed by atoms with van der Waals surface area (Å²) in [6.07, 6.45) is 2.06. The molecular weight excluding hydrogens is 182 g/mol. The predicted molar refractivity (Wildman–Crippen MR) is 53.4 cm³/mol. The van der Waals surface area contributed by atoms with Crippen molar-refractivity contribution in [3.63, 3.8) is 0 Å². The Balaban J connectivity index is 2.46. The van der Waals surface area contributed by atoms with E-state index in [4.69, 9.17) is 9.84 Å². The first-order chi connectivity index (χ1) is 6.86. The van der Waals surface area contributed by atoms with Gasteiger partial charge in [-0.05, 0) is 6.92 Å². The lowest BCUT2D eigenvalue weighted by molar-refractivity contribution is 0.229. The lowest BCUT2D eigenvalue weighted by Gasteiger charge is -2.05. The number of rotatable bonds is 6. The standard InChI is InChI=1S/C9H15N3O2/c1-2-10-8-6-9(12-7-11-8)14-5-3-4-13/h6-7,13H,2-5H2,1H3,(H,10,11,12). The molecule has 0 amide bonds. The molecule has 1 aromatic heterocycles. The molecule has 0 atom stereocenters. The van der Waals surface area contributed by atoms with E-state index in [1.165, 1.54) is 6.33 Å². The van der Waals surface area contributed by atoms with Crippen LogP contribution in [0.5, 0.6) is 5.88 Å². The van der Waals surface area contributed by atoms with Gasteiger partial charge in [0.15, 0.2) is 0 Å². The van der Waals surface area contributed by atoms with Crippen molar-refractivity contribution in [2.24, 2.45) is 0 Å². The topological polar surface area (TPSA) is 67.3 Å². The fourth-order valence-electron chi connectivity index (χ4n) is 0.937. The van der Waals surface area contributed by atoms with Gasteiger partial charge < -0.3 is 15.2 Å². The molecular formula is C9H15N3O2. The molecule has 5 nitrogen and oxygen atoms in total. The Kier molecular flexibility index (Phi) is 4.71. The van der Waals surface area contributed by atoms with Crippen LogP contribution in [0, 0.1) is 0 Å². The van der Waals surface area contributed by atoms with E-state index >= 15 is 0 Å². The number of aromatic nitrogens is 2. The Hall–Kier alpha value is -1.36. The van der Waals surface area contributed by atoms with Crippen molar-refractivity contribution < 1.29 is 9.84 Å². The third kappa shape index (κ3) is 3.57. The second kappa shape index (κ2) is 6.15. The minimum Gasteiger partial charge on any atom is -0.477 e. The monoisotopic (exact) mass is 197 g/mol. The van der Waals surface area contributed by atoms with E-state index in [2.05, 4.69) is 15.3 Å². The van der Waals surface area contributed by atoms with Gasteiger partial charge in [-0.25, -0.2) is 9.97 Å². The molecule has 78 valence electrons. The van der Waals surface area contributed by atoms with E-state index in [1.54, 1.807) is 6.07 Å². The van der Waals surface area contributed by atoms with E-state index < -0.39 is 0 Å². The summed E-state index contributed by atoms with van der Waals surface area (Å²) in [5.74, 6) is 1.28. The number of hydrogen-bond donors (Lipinski definition) is 2. The highest BCUT2D eigenvalue weighted by Crippen LogP contribution is 2.10. The fourth-order valence-corrected chi connectivity index (χ4v) is 0.937. The molecule has 1 aromatic rings. The van der Waals surface area contributed by atoms with Gasteiger partial charge in [-0.3, -0.25) is 0 Å². The lowest BCUT2D eigenvalue weighted by Crippen LogP contribution is -2.04. The minimum absolute atomic E-state index is 0.130. The molecule has 0 aliphatic carbocycles. The number of anilines is 1. The normalized spacial score (nSPS) is 9.86. The Morgan fingerprint density at radius 2 is 2.36 bits per heavy atom. The van der Waals surface area contributed by atoms with Crippen LogP contribution in [-0.2, 0) is 0 Å². The number of nitrogens with zero attached hydrogens (tertiary/aromatic N) is 2. The maximum atomic E-state index is 8.56. The smallest absolute Gasteiger partial charge is 0.218 e. The summed E-state index contributed by atoms with van der Waals surface area (Å²) in [6.45, 7) is 3.41. The van der Waals surface area contributed by atoms with Crippen molar-refractivity contribution in [1.82, 2.24) is 9.97 Å². The molecule has 0 saturated heterocycles. The van der Waals surface area contributed by atoms with Crippen molar-refractivity contribution in [3.8, 4) is 5.88 Å². The fraction of sp³-hybridized carbons (Fsp3) is 0.556. The maximum absolute atomic E-state index is 8.56. The van der Waals surface area contributed by atoms with Crippen LogP contribution >= 0.6 is 0 Å². The van der Waals surface area contributed by atoms with Crippen LogP contribution in [0.2, 0.25) is 0 Å². The molecule has 0 spiro atoms. The van der Waals surface area contributed by atoms with Gasteiger partial charge in [-0.1, -0.05) is 0 Å². The van der Waals surface area contributed by atoms with Crippen LogP contribution in [0.15, 0.2) is 12.4 Å². The number of aliphatic hydroxyl groups excluding tert-OH is 1. The molecule has 0 aliphatic heterocycles. The summed E-state index contributed by atoms with van der Waals surface area (Å²) in [7, 11) is 0. The number of ether oxygens (including phenoxy) is 1. The molecule has 2 N–H and O–H groups in total. The van der Waals surface area contributed by atoms with Gasteiger partial charge >= 0.3 is 0 Å². The van der Waals surface area contributed by atoms with Gasteiger partial charge in [0.2, 0.25) is 5.88 Å². The van der Waals surface area contributed by atoms with Crippen molar-refractivity contribution in [2.75, 3.05) is 25.1 Å². The SMILES string of the molecule is CCNc1cc(OCCCO)ncn1. The first-order valence-corrected chi connectivity index (χ1v) is 4.66. The van der Waals surface area contributed by atoms with Crippen LogP contribution < -0.4 is 10.1 Å². The minimum atomic E-state index is 0.130. The van der Waals surface area contributed by atoms with Crippen molar-refractivity contribution in [1.29, 1.82) is 0 Å². The number of hydrogen-bond acceptors (Lipinski definition) is 5. The lowest BCUT2D eigenvalue weighted by atomic mass is 10.5. The Labute approximate surface area is 83.2 Å². The molecule has 14 heavy (non-hydrogen) atoms. The summed E-state index contributed by atoms with van der Waals surface area (Å²) in [5, 5.41) is 11.6. The largest absolute Gasteiger partial charge is 0.477 e. The summed E-state index contributed by atoms with van der Waals surface area (Å²) in [6, 6.07) is 1.74. The number of aliphatic hydroxyl groups is 1. The van der Waals surface area contributed by atoms with Crippen molar-refractivity contribution >= 4 is 5.82 Å². The van der Waals surface area contributed by atoms with Crippen LogP contribution in [-0.4, -0.2) is 34.8 Å². The summed E-state index contributed by atoms with van der Waals surface area (Å²) in [5.41, 5.74) is 0. The van der Waals surface area contributed by atoms with Crippen LogP contribution in [0.4, 0.5) is 5.82 Å². The zero-order valence-corrected chi connectivity index (χ0v) is 8.23. The summed E-state index contributed by atoms with van der Waals surface area (Å²) >= 11 is 0. The summed E-state index contributed by atoms with van der Waals surface area (Å²) < 4.78 is 5.28. The Bertz CT molecular complexity index is 268. The number of nitrogens with one attached hydrogen (secondary N) is 1. The molecule has 0 saturated carbocycles. The molecule has 1 heterocycles. The second-order valence-corrected chi connectivity index (χ2v) is 2.70. The van der Waals surface area contributed by atoms with E-state index in [-0.39, 0.29) is 6.61 Å². The van der Waals surface area contributed by atoms with Gasteiger partial charge in [-0.15, -0.1) is 0 Å². The molecule has 1 rings (SSSR count). The van der Waals surface area contributed by atoms with E-state index in [0.717, 1.165) is 12.4 Å². The third-order valence-electron chi connectivity index (χ3n) is 1.55. The van der Waals surface area contributed by atoms with E-state index in [9.17, 15) is 0 Å². The molecule has 0 radical (unpaired) electrons. The highest BCUT2D eigenvalue weighted by molar-refractivity contribution is 5.36. The highest BCUT2D eigenvalue weighted by Gasteiger charge is 1.97. The van der Waals surface area contributed by atoms with Crippen molar-refractivity contribution in [3.05, 3.63) is 12.4 Å². The molecule has 0 bridgehead atoms.